The second-order valence-corrected chi connectivity index (χ2v) is 8.06. The van der Waals surface area contributed by atoms with Crippen LogP contribution in [-0.4, -0.2) is 69.2 Å². The normalized spacial score (nSPS) is 19.5. The van der Waals surface area contributed by atoms with Crippen molar-refractivity contribution in [3.8, 4) is 11.5 Å². The number of likely N-dealkylation sites (tertiary alicyclic amines) is 1. The quantitative estimate of drug-likeness (QED) is 0.708. The van der Waals surface area contributed by atoms with Crippen molar-refractivity contribution in [1.82, 2.24) is 9.80 Å². The number of carbonyl (C=O) groups is 1. The molecule has 0 radical (unpaired) electrons. The minimum absolute atomic E-state index is 0.132. The van der Waals surface area contributed by atoms with Gasteiger partial charge in [0.05, 0.1) is 26.5 Å². The molecule has 1 atom stereocenters. The van der Waals surface area contributed by atoms with Gasteiger partial charge in [0.15, 0.2) is 0 Å². The van der Waals surface area contributed by atoms with Gasteiger partial charge in [0, 0.05) is 43.9 Å². The van der Waals surface area contributed by atoms with Crippen LogP contribution in [0.1, 0.15) is 24.4 Å². The largest absolute Gasteiger partial charge is 0.497 e. The van der Waals surface area contributed by atoms with Crippen LogP contribution in [0.5, 0.6) is 11.5 Å². The van der Waals surface area contributed by atoms with Gasteiger partial charge in [-0.05, 0) is 37.6 Å². The summed E-state index contributed by atoms with van der Waals surface area (Å²) in [6.07, 6.45) is 2.05. The maximum Gasteiger partial charge on any atom is 0.236 e. The third-order valence-corrected chi connectivity index (χ3v) is 6.33. The average Bonchev–Trinajstić information content (AvgIpc) is 3.26. The Morgan fingerprint density at radius 1 is 1.03 bits per heavy atom. The highest BCUT2D eigenvalue weighted by molar-refractivity contribution is 5.78. The molecule has 2 saturated heterocycles. The molecule has 2 fully saturated rings. The molecule has 0 bridgehead atoms. The number of carbonyl (C=O) groups excluding carboxylic acids is 1. The molecule has 0 aliphatic carbocycles. The fourth-order valence-corrected chi connectivity index (χ4v) is 4.64. The number of piperazine rings is 1. The molecule has 2 aromatic rings. The molecule has 31 heavy (non-hydrogen) atoms. The van der Waals surface area contributed by atoms with Crippen LogP contribution >= 0.6 is 0 Å². The maximum atomic E-state index is 14.1. The number of hydrogen-bond donors (Lipinski definition) is 0. The van der Waals surface area contributed by atoms with Gasteiger partial charge in [-0.25, -0.2) is 4.39 Å². The van der Waals surface area contributed by atoms with Crippen LogP contribution in [-0.2, 0) is 4.79 Å². The number of ether oxygens (including phenoxy) is 2. The van der Waals surface area contributed by atoms with Gasteiger partial charge in [0.2, 0.25) is 5.91 Å². The molecule has 0 spiro atoms. The van der Waals surface area contributed by atoms with Crippen molar-refractivity contribution in [3.05, 3.63) is 53.8 Å². The SMILES string of the molecule is COc1ccc([C@H]2CCCN2CC(=O)N2CCN(c3ccccc3F)CC2)c(OC)c1. The maximum absolute atomic E-state index is 14.1. The summed E-state index contributed by atoms with van der Waals surface area (Å²) in [5, 5.41) is 0. The Kier molecular flexibility index (Phi) is 6.61. The van der Waals surface area contributed by atoms with Gasteiger partial charge in [-0.3, -0.25) is 9.69 Å². The number of anilines is 1. The number of benzene rings is 2. The number of amides is 1. The molecule has 2 aliphatic rings. The Labute approximate surface area is 183 Å². The Morgan fingerprint density at radius 3 is 2.52 bits per heavy atom. The van der Waals surface area contributed by atoms with E-state index >= 15 is 0 Å². The van der Waals surface area contributed by atoms with Gasteiger partial charge < -0.3 is 19.3 Å². The predicted octanol–water partition coefficient (Wildman–Crippen LogP) is 3.33. The first-order valence-electron chi connectivity index (χ1n) is 10.8. The Balaban J connectivity index is 1.38. The van der Waals surface area contributed by atoms with Crippen molar-refractivity contribution in [2.24, 2.45) is 0 Å². The van der Waals surface area contributed by atoms with Crippen LogP contribution in [0.15, 0.2) is 42.5 Å². The smallest absolute Gasteiger partial charge is 0.236 e. The van der Waals surface area contributed by atoms with Gasteiger partial charge in [-0.1, -0.05) is 18.2 Å². The molecule has 2 aliphatic heterocycles. The zero-order chi connectivity index (χ0) is 21.8. The first kappa shape index (κ1) is 21.4. The number of para-hydroxylation sites is 1. The molecule has 0 N–H and O–H groups in total. The average molecular weight is 428 g/mol. The van der Waals surface area contributed by atoms with E-state index in [1.807, 2.05) is 34.1 Å². The highest BCUT2D eigenvalue weighted by atomic mass is 19.1. The molecule has 6 nitrogen and oxygen atoms in total. The molecular formula is C24H30FN3O3. The van der Waals surface area contributed by atoms with Gasteiger partial charge in [-0.2, -0.15) is 0 Å². The molecule has 0 unspecified atom stereocenters. The number of hydrogen-bond acceptors (Lipinski definition) is 5. The molecule has 2 heterocycles. The third-order valence-electron chi connectivity index (χ3n) is 6.33. The summed E-state index contributed by atoms with van der Waals surface area (Å²) in [7, 11) is 3.30. The second kappa shape index (κ2) is 9.56. The van der Waals surface area contributed by atoms with Gasteiger partial charge >= 0.3 is 0 Å². The predicted molar refractivity (Wildman–Crippen MR) is 118 cm³/mol. The second-order valence-electron chi connectivity index (χ2n) is 8.06. The summed E-state index contributed by atoms with van der Waals surface area (Å²) >= 11 is 0. The van der Waals surface area contributed by atoms with E-state index in [1.54, 1.807) is 26.4 Å². The van der Waals surface area contributed by atoms with Gasteiger partial charge in [0.1, 0.15) is 17.3 Å². The van der Waals surface area contributed by atoms with Crippen molar-refractivity contribution >= 4 is 11.6 Å². The van der Waals surface area contributed by atoms with Crippen LogP contribution in [0.2, 0.25) is 0 Å². The van der Waals surface area contributed by atoms with E-state index in [1.165, 1.54) is 6.07 Å². The van der Waals surface area contributed by atoms with E-state index in [2.05, 4.69) is 4.90 Å². The van der Waals surface area contributed by atoms with Crippen LogP contribution in [0.25, 0.3) is 0 Å². The highest BCUT2D eigenvalue weighted by Gasteiger charge is 2.32. The fraction of sp³-hybridized carbons (Fsp3) is 0.458. The lowest BCUT2D eigenvalue weighted by Gasteiger charge is -2.37. The molecular weight excluding hydrogens is 397 g/mol. The number of rotatable bonds is 6. The van der Waals surface area contributed by atoms with Crippen LogP contribution in [0.3, 0.4) is 0 Å². The fourth-order valence-electron chi connectivity index (χ4n) is 4.64. The molecule has 4 rings (SSSR count). The Morgan fingerprint density at radius 2 is 1.81 bits per heavy atom. The summed E-state index contributed by atoms with van der Waals surface area (Å²) in [6.45, 7) is 3.78. The lowest BCUT2D eigenvalue weighted by atomic mass is 10.0. The minimum atomic E-state index is -0.212. The van der Waals surface area contributed by atoms with Crippen LogP contribution in [0.4, 0.5) is 10.1 Å². The van der Waals surface area contributed by atoms with Crippen molar-refractivity contribution in [2.75, 3.05) is 58.4 Å². The zero-order valence-electron chi connectivity index (χ0n) is 18.2. The molecule has 0 aromatic heterocycles. The van der Waals surface area contributed by atoms with Crippen molar-refractivity contribution in [1.29, 1.82) is 0 Å². The summed E-state index contributed by atoms with van der Waals surface area (Å²) in [5.41, 5.74) is 1.71. The standard InChI is InChI=1S/C24H30FN3O3/c1-30-18-9-10-19(23(16-18)31-2)21-8-5-11-28(21)17-24(29)27-14-12-26(13-15-27)22-7-4-3-6-20(22)25/h3-4,6-7,9-10,16,21H,5,8,11-15,17H2,1-2H3/t21-/m1/s1. The number of halogens is 1. The summed E-state index contributed by atoms with van der Waals surface area (Å²) < 4.78 is 25.0. The topological polar surface area (TPSA) is 45.2 Å². The van der Waals surface area contributed by atoms with Gasteiger partial charge in [-0.15, -0.1) is 0 Å². The molecule has 0 saturated carbocycles. The summed E-state index contributed by atoms with van der Waals surface area (Å²) in [4.78, 5) is 19.2. The van der Waals surface area contributed by atoms with E-state index in [0.29, 0.717) is 38.4 Å². The summed E-state index contributed by atoms with van der Waals surface area (Å²) in [5.74, 6) is 1.47. The van der Waals surface area contributed by atoms with Gasteiger partial charge in [0.25, 0.3) is 0 Å². The zero-order valence-corrected chi connectivity index (χ0v) is 18.2. The molecule has 1 amide bonds. The Hall–Kier alpha value is -2.80. The lowest BCUT2D eigenvalue weighted by Crippen LogP contribution is -2.51. The molecule has 7 heteroatoms. The highest BCUT2D eigenvalue weighted by Crippen LogP contribution is 2.38. The lowest BCUT2D eigenvalue weighted by molar-refractivity contribution is -0.133. The summed E-state index contributed by atoms with van der Waals surface area (Å²) in [6, 6.07) is 12.9. The van der Waals surface area contributed by atoms with Crippen molar-refractivity contribution < 1.29 is 18.7 Å². The minimum Gasteiger partial charge on any atom is -0.497 e. The van der Waals surface area contributed by atoms with E-state index in [9.17, 15) is 9.18 Å². The third kappa shape index (κ3) is 4.61. The number of methoxy groups -OCH3 is 2. The molecule has 166 valence electrons. The van der Waals surface area contributed by atoms with Crippen LogP contribution < -0.4 is 14.4 Å². The van der Waals surface area contributed by atoms with Crippen molar-refractivity contribution in [2.45, 2.75) is 18.9 Å². The monoisotopic (exact) mass is 427 g/mol. The van der Waals surface area contributed by atoms with E-state index in [-0.39, 0.29) is 17.8 Å². The first-order chi connectivity index (χ1) is 15.1. The molecule has 2 aromatic carbocycles. The van der Waals surface area contributed by atoms with Crippen LogP contribution in [0, 0.1) is 5.82 Å². The van der Waals surface area contributed by atoms with Crippen molar-refractivity contribution in [3.63, 3.8) is 0 Å². The first-order valence-corrected chi connectivity index (χ1v) is 10.8. The van der Waals surface area contributed by atoms with E-state index < -0.39 is 0 Å². The van der Waals surface area contributed by atoms with E-state index in [0.717, 1.165) is 36.4 Å². The Bertz CT molecular complexity index is 915. The number of nitrogens with zero attached hydrogens (tertiary/aromatic N) is 3. The van der Waals surface area contributed by atoms with E-state index in [4.69, 9.17) is 9.47 Å².